The number of rotatable bonds is 3. The van der Waals surface area contributed by atoms with Gasteiger partial charge in [0.1, 0.15) is 0 Å². The second-order valence-corrected chi connectivity index (χ2v) is 6.96. The zero-order valence-electron chi connectivity index (χ0n) is 12.0. The molecule has 2 heterocycles. The summed E-state index contributed by atoms with van der Waals surface area (Å²) in [4.78, 5) is 8.83. The van der Waals surface area contributed by atoms with Gasteiger partial charge in [0.05, 0.1) is 16.3 Å². The molecule has 0 unspecified atom stereocenters. The van der Waals surface area contributed by atoms with Gasteiger partial charge in [0.2, 0.25) is 0 Å². The third-order valence-electron chi connectivity index (χ3n) is 3.27. The van der Waals surface area contributed by atoms with E-state index in [1.807, 2.05) is 42.5 Å². The van der Waals surface area contributed by atoms with Crippen molar-refractivity contribution in [1.82, 2.24) is 9.97 Å². The lowest BCUT2D eigenvalue weighted by Gasteiger charge is -2.08. The number of benzene rings is 1. The molecular formula is C17H14N2O2S. The number of sulfone groups is 1. The van der Waals surface area contributed by atoms with Gasteiger partial charge in [-0.3, -0.25) is 4.98 Å². The molecule has 0 bridgehead atoms. The maximum Gasteiger partial charge on any atom is 0.175 e. The Morgan fingerprint density at radius 1 is 0.818 bits per heavy atom. The van der Waals surface area contributed by atoms with Crippen LogP contribution in [-0.4, -0.2) is 24.6 Å². The molecule has 0 amide bonds. The zero-order chi connectivity index (χ0) is 15.6. The Labute approximate surface area is 129 Å². The maximum absolute atomic E-state index is 12.0. The van der Waals surface area contributed by atoms with Gasteiger partial charge < -0.3 is 0 Å². The first-order valence-corrected chi connectivity index (χ1v) is 8.61. The molecule has 2 aromatic heterocycles. The Bertz CT molecular complexity index is 835. The monoisotopic (exact) mass is 310 g/mol. The Balaban J connectivity index is 2.24. The molecule has 0 saturated heterocycles. The van der Waals surface area contributed by atoms with Crippen molar-refractivity contribution >= 4 is 9.84 Å². The molecule has 3 rings (SSSR count). The molecule has 0 aliphatic rings. The van der Waals surface area contributed by atoms with Gasteiger partial charge in [0.25, 0.3) is 0 Å². The van der Waals surface area contributed by atoms with Gasteiger partial charge in [-0.2, -0.15) is 0 Å². The Kier molecular flexibility index (Phi) is 3.73. The first-order chi connectivity index (χ1) is 10.5. The highest BCUT2D eigenvalue weighted by Crippen LogP contribution is 2.26. The van der Waals surface area contributed by atoms with E-state index in [4.69, 9.17) is 0 Å². The molecular weight excluding hydrogens is 296 g/mol. The zero-order valence-corrected chi connectivity index (χ0v) is 12.8. The number of nitrogens with zero attached hydrogens (tertiary/aromatic N) is 2. The lowest BCUT2D eigenvalue weighted by atomic mass is 10.1. The van der Waals surface area contributed by atoms with E-state index in [0.717, 1.165) is 11.1 Å². The first kappa shape index (κ1) is 14.4. The van der Waals surface area contributed by atoms with Gasteiger partial charge in [0.15, 0.2) is 9.84 Å². The predicted octanol–water partition coefficient (Wildman–Crippen LogP) is 3.21. The molecule has 0 radical (unpaired) electrons. The number of hydrogen-bond acceptors (Lipinski definition) is 4. The van der Waals surface area contributed by atoms with E-state index < -0.39 is 9.84 Å². The van der Waals surface area contributed by atoms with Crippen molar-refractivity contribution in [1.29, 1.82) is 0 Å². The molecule has 0 aliphatic carbocycles. The topological polar surface area (TPSA) is 59.9 Å². The quantitative estimate of drug-likeness (QED) is 0.745. The van der Waals surface area contributed by atoms with Gasteiger partial charge in [-0.05, 0) is 24.3 Å². The second-order valence-electron chi connectivity index (χ2n) is 4.95. The summed E-state index contributed by atoms with van der Waals surface area (Å²) < 4.78 is 23.9. The van der Waals surface area contributed by atoms with E-state index in [1.54, 1.807) is 24.5 Å². The van der Waals surface area contributed by atoms with Crippen LogP contribution in [0.2, 0.25) is 0 Å². The van der Waals surface area contributed by atoms with E-state index in [2.05, 4.69) is 9.97 Å². The van der Waals surface area contributed by atoms with Crippen LogP contribution >= 0.6 is 0 Å². The summed E-state index contributed by atoms with van der Waals surface area (Å²) >= 11 is 0. The van der Waals surface area contributed by atoms with E-state index in [9.17, 15) is 8.42 Å². The molecule has 0 aliphatic heterocycles. The van der Waals surface area contributed by atoms with Crippen LogP contribution in [0.15, 0.2) is 71.9 Å². The van der Waals surface area contributed by atoms with E-state index in [0.29, 0.717) is 11.4 Å². The van der Waals surface area contributed by atoms with Gasteiger partial charge in [0, 0.05) is 29.8 Å². The summed E-state index contributed by atoms with van der Waals surface area (Å²) in [5.74, 6) is 0. The number of aromatic nitrogens is 2. The minimum Gasteiger partial charge on any atom is -0.265 e. The smallest absolute Gasteiger partial charge is 0.175 e. The van der Waals surface area contributed by atoms with Gasteiger partial charge >= 0.3 is 0 Å². The molecule has 3 aromatic rings. The summed E-state index contributed by atoms with van der Waals surface area (Å²) in [6.45, 7) is 0. The van der Waals surface area contributed by atoms with Crippen molar-refractivity contribution in [2.75, 3.05) is 6.26 Å². The molecule has 0 saturated carbocycles. The molecule has 5 heteroatoms. The SMILES string of the molecule is CS(=O)(=O)c1cc(-c2ccccc2)nc(-c2ccncc2)c1. The van der Waals surface area contributed by atoms with Gasteiger partial charge in [-0.15, -0.1) is 0 Å². The van der Waals surface area contributed by atoms with Crippen molar-refractivity contribution in [3.63, 3.8) is 0 Å². The highest BCUT2D eigenvalue weighted by Gasteiger charge is 2.13. The molecule has 0 spiro atoms. The van der Waals surface area contributed by atoms with Crippen LogP contribution in [0.1, 0.15) is 0 Å². The predicted molar refractivity (Wildman–Crippen MR) is 86.0 cm³/mol. The second kappa shape index (κ2) is 5.69. The molecule has 0 atom stereocenters. The summed E-state index contributed by atoms with van der Waals surface area (Å²) in [5.41, 5.74) is 2.96. The normalized spacial score (nSPS) is 11.3. The van der Waals surface area contributed by atoms with Crippen molar-refractivity contribution < 1.29 is 8.42 Å². The lowest BCUT2D eigenvalue weighted by molar-refractivity contribution is 0.602. The summed E-state index contributed by atoms with van der Waals surface area (Å²) in [6, 6.07) is 16.3. The Morgan fingerprint density at radius 3 is 1.91 bits per heavy atom. The molecule has 1 aromatic carbocycles. The van der Waals surface area contributed by atoms with Crippen molar-refractivity contribution in [3.05, 3.63) is 67.0 Å². The van der Waals surface area contributed by atoms with Crippen LogP contribution in [0.3, 0.4) is 0 Å². The van der Waals surface area contributed by atoms with Crippen LogP contribution in [-0.2, 0) is 9.84 Å². The highest BCUT2D eigenvalue weighted by atomic mass is 32.2. The van der Waals surface area contributed by atoms with Crippen molar-refractivity contribution in [2.24, 2.45) is 0 Å². The standard InChI is InChI=1S/C17H14N2O2S/c1-22(20,21)15-11-16(13-5-3-2-4-6-13)19-17(12-15)14-7-9-18-10-8-14/h2-12H,1H3. The average molecular weight is 310 g/mol. The fraction of sp³-hybridized carbons (Fsp3) is 0.0588. The third kappa shape index (κ3) is 3.04. The number of hydrogen-bond donors (Lipinski definition) is 0. The average Bonchev–Trinajstić information content (AvgIpc) is 2.55. The third-order valence-corrected chi connectivity index (χ3v) is 4.36. The van der Waals surface area contributed by atoms with Crippen molar-refractivity contribution in [2.45, 2.75) is 4.90 Å². The van der Waals surface area contributed by atoms with Crippen LogP contribution < -0.4 is 0 Å². The largest absolute Gasteiger partial charge is 0.265 e. The summed E-state index contributed by atoms with van der Waals surface area (Å²) in [7, 11) is -3.32. The van der Waals surface area contributed by atoms with Crippen LogP contribution in [0.25, 0.3) is 22.5 Å². The van der Waals surface area contributed by atoms with Crippen molar-refractivity contribution in [3.8, 4) is 22.5 Å². The molecule has 4 nitrogen and oxygen atoms in total. The summed E-state index contributed by atoms with van der Waals surface area (Å²) in [5, 5.41) is 0. The van der Waals surface area contributed by atoms with E-state index in [1.165, 1.54) is 6.26 Å². The fourth-order valence-corrected chi connectivity index (χ4v) is 2.80. The Morgan fingerprint density at radius 2 is 1.36 bits per heavy atom. The molecule has 0 N–H and O–H groups in total. The minimum absolute atomic E-state index is 0.258. The first-order valence-electron chi connectivity index (χ1n) is 6.72. The molecule has 110 valence electrons. The van der Waals surface area contributed by atoms with Gasteiger partial charge in [-0.1, -0.05) is 30.3 Å². The highest BCUT2D eigenvalue weighted by molar-refractivity contribution is 7.90. The fourth-order valence-electron chi connectivity index (χ4n) is 2.15. The van der Waals surface area contributed by atoms with Gasteiger partial charge in [-0.25, -0.2) is 13.4 Å². The number of pyridine rings is 2. The van der Waals surface area contributed by atoms with Crippen LogP contribution in [0.5, 0.6) is 0 Å². The Hall–Kier alpha value is -2.53. The van der Waals surface area contributed by atoms with E-state index >= 15 is 0 Å². The van der Waals surface area contributed by atoms with E-state index in [-0.39, 0.29) is 4.90 Å². The summed E-state index contributed by atoms with van der Waals surface area (Å²) in [6.07, 6.45) is 4.52. The lowest BCUT2D eigenvalue weighted by Crippen LogP contribution is -2.00. The molecule has 0 fully saturated rings. The van der Waals surface area contributed by atoms with Crippen LogP contribution in [0, 0.1) is 0 Å². The van der Waals surface area contributed by atoms with Crippen LogP contribution in [0.4, 0.5) is 0 Å². The minimum atomic E-state index is -3.32. The molecule has 22 heavy (non-hydrogen) atoms. The maximum atomic E-state index is 12.0.